The van der Waals surface area contributed by atoms with Crippen LogP contribution >= 0.6 is 0 Å². The van der Waals surface area contributed by atoms with Crippen molar-refractivity contribution in [1.82, 2.24) is 0 Å². The van der Waals surface area contributed by atoms with Gasteiger partial charge in [-0.2, -0.15) is 8.78 Å². The summed E-state index contributed by atoms with van der Waals surface area (Å²) in [6.07, 6.45) is -3.35. The molecule has 0 amide bonds. The first-order valence-corrected chi connectivity index (χ1v) is 5.51. The van der Waals surface area contributed by atoms with Gasteiger partial charge in [-0.15, -0.1) is 0 Å². The predicted molar refractivity (Wildman–Crippen MR) is 61.3 cm³/mol. The standard InChI is InChI=1S/C10H10F3NO.C2H6/c1-5-3-7(11)9-8(6(5)2)14-4-10(12,13)15-9;1-2/h3,14H,4H2,1-2H3;1-2H3. The molecule has 1 aliphatic rings. The summed E-state index contributed by atoms with van der Waals surface area (Å²) in [5.74, 6) is -1.16. The van der Waals surface area contributed by atoms with E-state index < -0.39 is 24.2 Å². The average Bonchev–Trinajstić information content (AvgIpc) is 2.28. The Bertz CT molecular complexity index is 419. The number of alkyl halides is 2. The largest absolute Gasteiger partial charge is 0.426 e. The van der Waals surface area contributed by atoms with Crippen LogP contribution in [-0.4, -0.2) is 12.7 Å². The molecule has 0 saturated carbocycles. The van der Waals surface area contributed by atoms with Crippen LogP contribution in [0.15, 0.2) is 6.07 Å². The van der Waals surface area contributed by atoms with Gasteiger partial charge in [-0.1, -0.05) is 13.8 Å². The molecule has 2 rings (SSSR count). The van der Waals surface area contributed by atoms with Gasteiger partial charge in [-0.3, -0.25) is 0 Å². The van der Waals surface area contributed by atoms with Crippen molar-refractivity contribution in [3.05, 3.63) is 23.0 Å². The van der Waals surface area contributed by atoms with Gasteiger partial charge in [0, 0.05) is 0 Å². The van der Waals surface area contributed by atoms with Crippen molar-refractivity contribution in [3.8, 4) is 5.75 Å². The van der Waals surface area contributed by atoms with Gasteiger partial charge in [0.25, 0.3) is 0 Å². The van der Waals surface area contributed by atoms with Gasteiger partial charge < -0.3 is 10.1 Å². The van der Waals surface area contributed by atoms with Crippen LogP contribution < -0.4 is 10.1 Å². The summed E-state index contributed by atoms with van der Waals surface area (Å²) >= 11 is 0. The lowest BCUT2D eigenvalue weighted by atomic mass is 10.1. The molecule has 17 heavy (non-hydrogen) atoms. The van der Waals surface area contributed by atoms with Gasteiger partial charge in [-0.05, 0) is 31.0 Å². The van der Waals surface area contributed by atoms with Gasteiger partial charge in [0.1, 0.15) is 6.54 Å². The van der Waals surface area contributed by atoms with E-state index in [4.69, 9.17) is 0 Å². The summed E-state index contributed by atoms with van der Waals surface area (Å²) in [5.41, 5.74) is 1.74. The molecule has 1 heterocycles. The average molecular weight is 247 g/mol. The summed E-state index contributed by atoms with van der Waals surface area (Å²) in [5, 5.41) is 2.49. The minimum absolute atomic E-state index is 0.318. The molecule has 1 N–H and O–H groups in total. The number of anilines is 1. The molecule has 0 fully saturated rings. The van der Waals surface area contributed by atoms with Crippen molar-refractivity contribution < 1.29 is 17.9 Å². The molecule has 1 aromatic rings. The minimum Gasteiger partial charge on any atom is -0.426 e. The summed E-state index contributed by atoms with van der Waals surface area (Å²) in [6.45, 7) is 6.81. The molecule has 0 atom stereocenters. The SMILES string of the molecule is CC.Cc1cc(F)c2c(c1C)NCC(F)(F)O2. The highest BCUT2D eigenvalue weighted by atomic mass is 19.3. The smallest absolute Gasteiger partial charge is 0.415 e. The molecule has 1 aromatic carbocycles. The highest BCUT2D eigenvalue weighted by molar-refractivity contribution is 5.65. The molecule has 96 valence electrons. The number of benzene rings is 1. The molecule has 0 spiro atoms. The van der Waals surface area contributed by atoms with Crippen LogP contribution in [0.5, 0.6) is 5.75 Å². The number of nitrogens with one attached hydrogen (secondary N) is 1. The van der Waals surface area contributed by atoms with Crippen LogP contribution in [0.3, 0.4) is 0 Å². The van der Waals surface area contributed by atoms with Crippen LogP contribution in [0.4, 0.5) is 18.9 Å². The summed E-state index contributed by atoms with van der Waals surface area (Å²) < 4.78 is 43.4. The number of rotatable bonds is 0. The molecule has 0 bridgehead atoms. The maximum atomic E-state index is 13.4. The molecule has 0 unspecified atom stereocenters. The molecule has 2 nitrogen and oxygen atoms in total. The third kappa shape index (κ3) is 2.65. The monoisotopic (exact) mass is 247 g/mol. The Hall–Kier alpha value is -1.39. The van der Waals surface area contributed by atoms with Crippen LogP contribution in [0, 0.1) is 19.7 Å². The first-order valence-electron chi connectivity index (χ1n) is 5.51. The van der Waals surface area contributed by atoms with Crippen LogP contribution in [0.1, 0.15) is 25.0 Å². The minimum atomic E-state index is -3.35. The maximum absolute atomic E-state index is 13.4. The van der Waals surface area contributed by atoms with E-state index in [9.17, 15) is 13.2 Å². The third-order valence-electron chi connectivity index (χ3n) is 2.48. The zero-order valence-electron chi connectivity index (χ0n) is 10.3. The van der Waals surface area contributed by atoms with Gasteiger partial charge in [0.05, 0.1) is 5.69 Å². The zero-order valence-corrected chi connectivity index (χ0v) is 10.3. The lowest BCUT2D eigenvalue weighted by Crippen LogP contribution is -2.38. The topological polar surface area (TPSA) is 21.3 Å². The second-order valence-corrected chi connectivity index (χ2v) is 3.60. The van der Waals surface area contributed by atoms with Crippen LogP contribution in [0.25, 0.3) is 0 Å². The van der Waals surface area contributed by atoms with E-state index in [1.54, 1.807) is 13.8 Å². The number of ether oxygens (including phenoxy) is 1. The highest BCUT2D eigenvalue weighted by Crippen LogP contribution is 2.40. The molecule has 0 saturated heterocycles. The summed E-state index contributed by atoms with van der Waals surface area (Å²) in [4.78, 5) is 0. The molecule has 0 radical (unpaired) electrons. The van der Waals surface area contributed by atoms with Crippen molar-refractivity contribution in [2.75, 3.05) is 11.9 Å². The number of halogens is 3. The summed E-state index contributed by atoms with van der Waals surface area (Å²) in [7, 11) is 0. The van der Waals surface area contributed by atoms with Crippen LogP contribution in [0.2, 0.25) is 0 Å². The lowest BCUT2D eigenvalue weighted by Gasteiger charge is -2.28. The first kappa shape index (κ1) is 13.7. The third-order valence-corrected chi connectivity index (χ3v) is 2.48. The molecular weight excluding hydrogens is 231 g/mol. The van der Waals surface area contributed by atoms with E-state index in [0.717, 1.165) is 5.56 Å². The Labute approximate surface area is 98.8 Å². The molecule has 0 aromatic heterocycles. The Morgan fingerprint density at radius 3 is 2.47 bits per heavy atom. The summed E-state index contributed by atoms with van der Waals surface area (Å²) in [6, 6.07) is 1.19. The molecule has 1 aliphatic heterocycles. The molecular formula is C12H16F3NO. The van der Waals surface area contributed by atoms with Crippen molar-refractivity contribution in [2.24, 2.45) is 0 Å². The Kier molecular flexibility index (Phi) is 3.91. The van der Waals surface area contributed by atoms with E-state index in [1.165, 1.54) is 6.07 Å². The fraction of sp³-hybridized carbons (Fsp3) is 0.500. The number of hydrogen-bond donors (Lipinski definition) is 1. The van der Waals surface area contributed by atoms with Crippen molar-refractivity contribution in [2.45, 2.75) is 33.8 Å². The van der Waals surface area contributed by atoms with E-state index in [0.29, 0.717) is 11.3 Å². The lowest BCUT2D eigenvalue weighted by molar-refractivity contribution is -0.168. The van der Waals surface area contributed by atoms with Gasteiger partial charge in [-0.25, -0.2) is 4.39 Å². The van der Waals surface area contributed by atoms with Gasteiger partial charge in [0.2, 0.25) is 0 Å². The molecule has 0 aliphatic carbocycles. The maximum Gasteiger partial charge on any atom is 0.415 e. The number of fused-ring (bicyclic) bond motifs is 1. The molecule has 5 heteroatoms. The number of hydrogen-bond acceptors (Lipinski definition) is 2. The Balaban J connectivity index is 0.000000686. The quantitative estimate of drug-likeness (QED) is 0.751. The van der Waals surface area contributed by atoms with E-state index in [1.807, 2.05) is 13.8 Å². The van der Waals surface area contributed by atoms with E-state index in [-0.39, 0.29) is 0 Å². The second kappa shape index (κ2) is 4.85. The van der Waals surface area contributed by atoms with Gasteiger partial charge >= 0.3 is 6.11 Å². The van der Waals surface area contributed by atoms with Crippen LogP contribution in [-0.2, 0) is 0 Å². The Morgan fingerprint density at radius 1 is 1.29 bits per heavy atom. The fourth-order valence-corrected chi connectivity index (χ4v) is 1.54. The zero-order chi connectivity index (χ0) is 13.2. The predicted octanol–water partition coefficient (Wildman–Crippen LogP) is 3.87. The Morgan fingerprint density at radius 2 is 1.88 bits per heavy atom. The highest BCUT2D eigenvalue weighted by Gasteiger charge is 2.38. The van der Waals surface area contributed by atoms with Gasteiger partial charge in [0.15, 0.2) is 11.6 Å². The van der Waals surface area contributed by atoms with E-state index in [2.05, 4.69) is 10.1 Å². The van der Waals surface area contributed by atoms with E-state index >= 15 is 0 Å². The number of aryl methyl sites for hydroxylation is 1. The van der Waals surface area contributed by atoms with Crippen molar-refractivity contribution >= 4 is 5.69 Å². The fourth-order valence-electron chi connectivity index (χ4n) is 1.54. The van der Waals surface area contributed by atoms with Crippen molar-refractivity contribution in [1.29, 1.82) is 0 Å². The normalized spacial score (nSPS) is 15.9. The second-order valence-electron chi connectivity index (χ2n) is 3.60. The first-order chi connectivity index (χ1) is 7.91. The van der Waals surface area contributed by atoms with Crippen molar-refractivity contribution in [3.63, 3.8) is 0 Å².